The Kier molecular flexibility index (Phi) is 3.83. The Morgan fingerprint density at radius 1 is 1.67 bits per heavy atom. The number of hydrogen-bond acceptors (Lipinski definition) is 3. The quantitative estimate of drug-likeness (QED) is 0.907. The van der Waals surface area contributed by atoms with E-state index in [0.717, 1.165) is 13.1 Å². The van der Waals surface area contributed by atoms with E-state index in [0.29, 0.717) is 12.0 Å². The molecular formula is C11H17BrN2S. The highest BCUT2D eigenvalue weighted by Crippen LogP contribution is 2.23. The second kappa shape index (κ2) is 4.95. The highest BCUT2D eigenvalue weighted by molar-refractivity contribution is 9.10. The maximum absolute atomic E-state index is 6.08. The Morgan fingerprint density at radius 3 is 3.07 bits per heavy atom. The first kappa shape index (κ1) is 11.6. The summed E-state index contributed by atoms with van der Waals surface area (Å²) in [5, 5.41) is 2.14. The van der Waals surface area contributed by atoms with Crippen LogP contribution in [0.3, 0.4) is 0 Å². The molecule has 0 saturated carbocycles. The molecule has 0 radical (unpaired) electrons. The Labute approximate surface area is 104 Å². The summed E-state index contributed by atoms with van der Waals surface area (Å²) in [7, 11) is 0. The first-order valence-corrected chi connectivity index (χ1v) is 7.03. The van der Waals surface area contributed by atoms with Gasteiger partial charge in [0.15, 0.2) is 0 Å². The van der Waals surface area contributed by atoms with E-state index in [-0.39, 0.29) is 0 Å². The SMILES string of the molecule is CC1CCN(Cc2cc(Br)cs2)CC1N. The van der Waals surface area contributed by atoms with Crippen LogP contribution in [0.25, 0.3) is 0 Å². The van der Waals surface area contributed by atoms with Crippen molar-refractivity contribution in [3.63, 3.8) is 0 Å². The number of halogens is 1. The molecule has 0 amide bonds. The van der Waals surface area contributed by atoms with Crippen LogP contribution in [-0.2, 0) is 6.54 Å². The summed E-state index contributed by atoms with van der Waals surface area (Å²) >= 11 is 5.30. The Balaban J connectivity index is 1.90. The zero-order valence-electron chi connectivity index (χ0n) is 8.95. The monoisotopic (exact) mass is 288 g/mol. The molecule has 15 heavy (non-hydrogen) atoms. The Hall–Kier alpha value is 0.1000. The smallest absolute Gasteiger partial charge is 0.0328 e. The maximum atomic E-state index is 6.08. The van der Waals surface area contributed by atoms with E-state index >= 15 is 0 Å². The van der Waals surface area contributed by atoms with Crippen LogP contribution < -0.4 is 5.73 Å². The maximum Gasteiger partial charge on any atom is 0.0328 e. The molecule has 1 aromatic rings. The first-order valence-electron chi connectivity index (χ1n) is 5.36. The van der Waals surface area contributed by atoms with Gasteiger partial charge < -0.3 is 5.73 Å². The van der Waals surface area contributed by atoms with Gasteiger partial charge in [0.2, 0.25) is 0 Å². The van der Waals surface area contributed by atoms with Crippen molar-refractivity contribution in [1.82, 2.24) is 4.90 Å². The van der Waals surface area contributed by atoms with Crippen LogP contribution in [0, 0.1) is 5.92 Å². The van der Waals surface area contributed by atoms with Gasteiger partial charge in [-0.05, 0) is 40.9 Å². The van der Waals surface area contributed by atoms with Crippen molar-refractivity contribution in [2.45, 2.75) is 25.9 Å². The van der Waals surface area contributed by atoms with E-state index in [4.69, 9.17) is 5.73 Å². The number of likely N-dealkylation sites (tertiary alicyclic amines) is 1. The summed E-state index contributed by atoms with van der Waals surface area (Å²) in [6.07, 6.45) is 1.23. The van der Waals surface area contributed by atoms with Crippen molar-refractivity contribution in [1.29, 1.82) is 0 Å². The van der Waals surface area contributed by atoms with Crippen LogP contribution in [0.15, 0.2) is 15.9 Å². The van der Waals surface area contributed by atoms with Gasteiger partial charge in [0.05, 0.1) is 0 Å². The lowest BCUT2D eigenvalue weighted by Gasteiger charge is -2.34. The van der Waals surface area contributed by atoms with Gasteiger partial charge in [-0.3, -0.25) is 4.90 Å². The molecular weight excluding hydrogens is 272 g/mol. The highest BCUT2D eigenvalue weighted by atomic mass is 79.9. The predicted octanol–water partition coefficient (Wildman–Crippen LogP) is 2.68. The fraction of sp³-hybridized carbons (Fsp3) is 0.636. The third kappa shape index (κ3) is 3.03. The number of nitrogens with two attached hydrogens (primary N) is 1. The second-order valence-electron chi connectivity index (χ2n) is 4.40. The third-order valence-corrected chi connectivity index (χ3v) is 4.78. The van der Waals surface area contributed by atoms with Gasteiger partial charge >= 0.3 is 0 Å². The minimum Gasteiger partial charge on any atom is -0.326 e. The van der Waals surface area contributed by atoms with Crippen molar-refractivity contribution in [3.8, 4) is 0 Å². The standard InChI is InChI=1S/C11H17BrN2S/c1-8-2-3-14(6-11(8)13)5-10-4-9(12)7-15-10/h4,7-8,11H,2-3,5-6,13H2,1H3. The molecule has 1 aromatic heterocycles. The number of rotatable bonds is 2. The van der Waals surface area contributed by atoms with Crippen molar-refractivity contribution >= 4 is 27.3 Å². The summed E-state index contributed by atoms with van der Waals surface area (Å²) in [5.74, 6) is 0.677. The molecule has 2 unspecified atom stereocenters. The lowest BCUT2D eigenvalue weighted by atomic mass is 9.94. The molecule has 0 spiro atoms. The normalized spacial score (nSPS) is 28.2. The van der Waals surface area contributed by atoms with Gasteiger partial charge in [-0.1, -0.05) is 6.92 Å². The average molecular weight is 289 g/mol. The molecule has 84 valence electrons. The van der Waals surface area contributed by atoms with Crippen molar-refractivity contribution in [2.75, 3.05) is 13.1 Å². The summed E-state index contributed by atoms with van der Waals surface area (Å²) in [6, 6.07) is 2.55. The molecule has 1 aliphatic rings. The van der Waals surface area contributed by atoms with Crippen LogP contribution in [-0.4, -0.2) is 24.0 Å². The van der Waals surface area contributed by atoms with Crippen molar-refractivity contribution < 1.29 is 0 Å². The summed E-state index contributed by atoms with van der Waals surface area (Å²) in [5.41, 5.74) is 6.08. The molecule has 2 nitrogen and oxygen atoms in total. The predicted molar refractivity (Wildman–Crippen MR) is 69.1 cm³/mol. The Morgan fingerprint density at radius 2 is 2.47 bits per heavy atom. The summed E-state index contributed by atoms with van der Waals surface area (Å²) in [4.78, 5) is 3.88. The fourth-order valence-corrected chi connectivity index (χ4v) is 3.46. The second-order valence-corrected chi connectivity index (χ2v) is 6.31. The summed E-state index contributed by atoms with van der Waals surface area (Å²) in [6.45, 7) is 5.53. The molecule has 1 saturated heterocycles. The zero-order chi connectivity index (χ0) is 10.8. The third-order valence-electron chi connectivity index (χ3n) is 3.10. The van der Waals surface area contributed by atoms with Gasteiger partial charge in [-0.2, -0.15) is 0 Å². The van der Waals surface area contributed by atoms with E-state index in [2.05, 4.69) is 39.2 Å². The topological polar surface area (TPSA) is 29.3 Å². The molecule has 2 atom stereocenters. The molecule has 0 aromatic carbocycles. The van der Waals surface area contributed by atoms with Gasteiger partial charge in [0, 0.05) is 33.9 Å². The van der Waals surface area contributed by atoms with Crippen LogP contribution >= 0.6 is 27.3 Å². The molecule has 2 heterocycles. The van der Waals surface area contributed by atoms with Crippen LogP contribution in [0.2, 0.25) is 0 Å². The van der Waals surface area contributed by atoms with E-state index in [1.165, 1.54) is 22.3 Å². The molecule has 2 rings (SSSR count). The molecule has 0 aliphatic carbocycles. The number of thiophene rings is 1. The van der Waals surface area contributed by atoms with Gasteiger partial charge in [0.25, 0.3) is 0 Å². The van der Waals surface area contributed by atoms with Crippen molar-refractivity contribution in [2.24, 2.45) is 11.7 Å². The summed E-state index contributed by atoms with van der Waals surface area (Å²) < 4.78 is 1.19. The molecule has 1 aliphatic heterocycles. The van der Waals surface area contributed by atoms with E-state index in [1.807, 2.05) is 11.3 Å². The molecule has 2 N–H and O–H groups in total. The van der Waals surface area contributed by atoms with Crippen LogP contribution in [0.4, 0.5) is 0 Å². The largest absolute Gasteiger partial charge is 0.326 e. The number of hydrogen-bond donors (Lipinski definition) is 1. The lowest BCUT2D eigenvalue weighted by Crippen LogP contribution is -2.46. The van der Waals surface area contributed by atoms with Gasteiger partial charge in [-0.25, -0.2) is 0 Å². The van der Waals surface area contributed by atoms with Crippen molar-refractivity contribution in [3.05, 3.63) is 20.8 Å². The first-order chi connectivity index (χ1) is 7.15. The van der Waals surface area contributed by atoms with Gasteiger partial charge in [0.1, 0.15) is 0 Å². The molecule has 4 heteroatoms. The minimum absolute atomic E-state index is 0.349. The van der Waals surface area contributed by atoms with Gasteiger partial charge in [-0.15, -0.1) is 11.3 Å². The van der Waals surface area contributed by atoms with Crippen LogP contribution in [0.5, 0.6) is 0 Å². The Bertz CT molecular complexity index is 326. The lowest BCUT2D eigenvalue weighted by molar-refractivity contribution is 0.163. The van der Waals surface area contributed by atoms with E-state index < -0.39 is 0 Å². The number of piperidine rings is 1. The fourth-order valence-electron chi connectivity index (χ4n) is 1.97. The van der Waals surface area contributed by atoms with E-state index in [1.54, 1.807) is 0 Å². The average Bonchev–Trinajstić information content (AvgIpc) is 2.58. The minimum atomic E-state index is 0.349. The van der Waals surface area contributed by atoms with Crippen LogP contribution in [0.1, 0.15) is 18.2 Å². The molecule has 0 bridgehead atoms. The highest BCUT2D eigenvalue weighted by Gasteiger charge is 2.23. The van der Waals surface area contributed by atoms with E-state index in [9.17, 15) is 0 Å². The number of nitrogens with zero attached hydrogens (tertiary/aromatic N) is 1. The zero-order valence-corrected chi connectivity index (χ0v) is 11.4. The molecule has 1 fully saturated rings.